The Labute approximate surface area is 117 Å². The molecule has 0 bridgehead atoms. The Balaban J connectivity index is 2.89. The summed E-state index contributed by atoms with van der Waals surface area (Å²) >= 11 is 5.80. The van der Waals surface area contributed by atoms with E-state index < -0.39 is 5.91 Å². The average molecular weight is 285 g/mol. The lowest BCUT2D eigenvalue weighted by Crippen LogP contribution is -2.40. The summed E-state index contributed by atoms with van der Waals surface area (Å²) in [6, 6.07) is 4.24. The van der Waals surface area contributed by atoms with Gasteiger partial charge in [-0.25, -0.2) is 0 Å². The fourth-order valence-corrected chi connectivity index (χ4v) is 1.78. The van der Waals surface area contributed by atoms with Gasteiger partial charge in [-0.1, -0.05) is 11.6 Å². The van der Waals surface area contributed by atoms with Crippen LogP contribution in [0.3, 0.4) is 0 Å². The molecule has 0 saturated heterocycles. The van der Waals surface area contributed by atoms with Gasteiger partial charge in [0.25, 0.3) is 5.91 Å². The highest BCUT2D eigenvalue weighted by molar-refractivity contribution is 6.31. The van der Waals surface area contributed by atoms with Crippen LogP contribution in [-0.4, -0.2) is 41.5 Å². The van der Waals surface area contributed by atoms with Gasteiger partial charge in [-0.3, -0.25) is 9.59 Å². The van der Waals surface area contributed by atoms with Gasteiger partial charge in [0.05, 0.1) is 12.1 Å². The van der Waals surface area contributed by atoms with Gasteiger partial charge in [0.15, 0.2) is 0 Å². The second-order valence-electron chi connectivity index (χ2n) is 3.93. The quantitative estimate of drug-likeness (QED) is 0.864. The molecule has 0 heterocycles. The lowest BCUT2D eigenvalue weighted by molar-refractivity contribution is -0.121. The fraction of sp³-hybridized carbons (Fsp3) is 0.385. The summed E-state index contributed by atoms with van der Waals surface area (Å²) in [6.45, 7) is 4.39. The van der Waals surface area contributed by atoms with E-state index in [0.717, 1.165) is 0 Å². The average Bonchev–Trinajstić information content (AvgIpc) is 2.38. The molecule has 0 aliphatic carbocycles. The first kappa shape index (κ1) is 15.3. The number of aromatic hydroxyl groups is 1. The number of carbonyl (C=O) groups is 2. The highest BCUT2D eigenvalue weighted by Gasteiger charge is 2.20. The first-order valence-corrected chi connectivity index (χ1v) is 6.41. The number of halogens is 1. The second kappa shape index (κ2) is 6.99. The molecule has 104 valence electrons. The van der Waals surface area contributed by atoms with E-state index >= 15 is 0 Å². The van der Waals surface area contributed by atoms with Crippen molar-refractivity contribution in [3.8, 4) is 5.75 Å². The zero-order valence-electron chi connectivity index (χ0n) is 10.9. The Kier molecular flexibility index (Phi) is 5.63. The first-order chi connectivity index (χ1) is 8.99. The van der Waals surface area contributed by atoms with Crippen LogP contribution < -0.4 is 5.32 Å². The van der Waals surface area contributed by atoms with Crippen molar-refractivity contribution in [2.75, 3.05) is 19.6 Å². The molecule has 1 rings (SSSR count). The fourth-order valence-electron chi connectivity index (χ4n) is 1.60. The van der Waals surface area contributed by atoms with Crippen LogP contribution in [0.25, 0.3) is 0 Å². The smallest absolute Gasteiger partial charge is 0.258 e. The summed E-state index contributed by atoms with van der Waals surface area (Å²) in [5, 5.41) is 12.7. The molecule has 0 aliphatic rings. The molecule has 2 amide bonds. The van der Waals surface area contributed by atoms with Gasteiger partial charge in [-0.15, -0.1) is 0 Å². The third kappa shape index (κ3) is 4.13. The van der Waals surface area contributed by atoms with Crippen molar-refractivity contribution >= 4 is 23.4 Å². The molecule has 0 aromatic heterocycles. The molecule has 1 aromatic carbocycles. The molecule has 0 fully saturated rings. The number of nitrogens with one attached hydrogen (secondary N) is 1. The van der Waals surface area contributed by atoms with Crippen LogP contribution in [0.15, 0.2) is 18.2 Å². The number of hydrogen-bond acceptors (Lipinski definition) is 3. The summed E-state index contributed by atoms with van der Waals surface area (Å²) in [5.41, 5.74) is 0.0960. The van der Waals surface area contributed by atoms with Gasteiger partial charge in [0, 0.05) is 18.1 Å². The molecule has 0 radical (unpaired) electrons. The SMILES string of the molecule is CCNC(=O)CN(CC)C(=O)c1cc(Cl)ccc1O. The number of hydrogen-bond donors (Lipinski definition) is 2. The number of phenolic OH excluding ortho intramolecular Hbond substituents is 1. The van der Waals surface area contributed by atoms with Gasteiger partial charge in [-0.2, -0.15) is 0 Å². The Bertz CT molecular complexity index is 477. The lowest BCUT2D eigenvalue weighted by atomic mass is 10.1. The largest absolute Gasteiger partial charge is 0.507 e. The van der Waals surface area contributed by atoms with Crippen LogP contribution in [0, 0.1) is 0 Å². The molecule has 5 nitrogen and oxygen atoms in total. The van der Waals surface area contributed by atoms with E-state index in [9.17, 15) is 14.7 Å². The molecular formula is C13H17ClN2O3. The summed E-state index contributed by atoms with van der Waals surface area (Å²) in [4.78, 5) is 25.1. The lowest BCUT2D eigenvalue weighted by Gasteiger charge is -2.20. The Morgan fingerprint density at radius 3 is 2.63 bits per heavy atom. The minimum atomic E-state index is -0.422. The maximum atomic E-state index is 12.2. The van der Waals surface area contributed by atoms with Crippen molar-refractivity contribution in [1.29, 1.82) is 0 Å². The van der Waals surface area contributed by atoms with Gasteiger partial charge >= 0.3 is 0 Å². The molecule has 2 N–H and O–H groups in total. The maximum absolute atomic E-state index is 12.2. The van der Waals surface area contributed by atoms with Crippen molar-refractivity contribution in [3.63, 3.8) is 0 Å². The van der Waals surface area contributed by atoms with Crippen molar-refractivity contribution < 1.29 is 14.7 Å². The van der Waals surface area contributed by atoms with Crippen LogP contribution in [0.1, 0.15) is 24.2 Å². The molecule has 6 heteroatoms. The Hall–Kier alpha value is -1.75. The van der Waals surface area contributed by atoms with Crippen LogP contribution in [0.2, 0.25) is 5.02 Å². The van der Waals surface area contributed by atoms with Crippen LogP contribution in [-0.2, 0) is 4.79 Å². The zero-order chi connectivity index (χ0) is 14.4. The van der Waals surface area contributed by atoms with E-state index in [1.54, 1.807) is 13.8 Å². The summed E-state index contributed by atoms with van der Waals surface area (Å²) in [7, 11) is 0. The summed E-state index contributed by atoms with van der Waals surface area (Å²) in [5.74, 6) is -0.809. The molecule has 0 atom stereocenters. The molecule has 0 unspecified atom stereocenters. The predicted octanol–water partition coefficient (Wildman–Crippen LogP) is 1.64. The monoisotopic (exact) mass is 284 g/mol. The summed E-state index contributed by atoms with van der Waals surface area (Å²) in [6.07, 6.45) is 0. The van der Waals surface area contributed by atoms with Crippen molar-refractivity contribution in [3.05, 3.63) is 28.8 Å². The van der Waals surface area contributed by atoms with Crippen molar-refractivity contribution in [1.82, 2.24) is 10.2 Å². The highest BCUT2D eigenvalue weighted by atomic mass is 35.5. The minimum Gasteiger partial charge on any atom is -0.507 e. The summed E-state index contributed by atoms with van der Waals surface area (Å²) < 4.78 is 0. The molecular weight excluding hydrogens is 268 g/mol. The number of phenols is 1. The van der Waals surface area contributed by atoms with E-state index in [0.29, 0.717) is 18.1 Å². The van der Waals surface area contributed by atoms with Crippen LogP contribution in [0.4, 0.5) is 0 Å². The Morgan fingerprint density at radius 1 is 1.37 bits per heavy atom. The third-order valence-electron chi connectivity index (χ3n) is 2.57. The van der Waals surface area contributed by atoms with E-state index in [1.807, 2.05) is 0 Å². The number of nitrogens with zero attached hydrogens (tertiary/aromatic N) is 1. The zero-order valence-corrected chi connectivity index (χ0v) is 11.7. The number of carbonyl (C=O) groups excluding carboxylic acids is 2. The first-order valence-electron chi connectivity index (χ1n) is 6.04. The normalized spacial score (nSPS) is 10.1. The standard InChI is InChI=1S/C13H17ClN2O3/c1-3-15-12(18)8-16(4-2)13(19)10-7-9(14)5-6-11(10)17/h5-7,17H,3-4,8H2,1-2H3,(H,15,18). The highest BCUT2D eigenvalue weighted by Crippen LogP contribution is 2.22. The van der Waals surface area contributed by atoms with E-state index in [4.69, 9.17) is 11.6 Å². The molecule has 0 aliphatic heterocycles. The molecule has 19 heavy (non-hydrogen) atoms. The maximum Gasteiger partial charge on any atom is 0.258 e. The van der Waals surface area contributed by atoms with E-state index in [1.165, 1.54) is 23.1 Å². The second-order valence-corrected chi connectivity index (χ2v) is 4.37. The molecule has 0 spiro atoms. The molecule has 0 saturated carbocycles. The third-order valence-corrected chi connectivity index (χ3v) is 2.80. The van der Waals surface area contributed by atoms with E-state index in [2.05, 4.69) is 5.32 Å². The van der Waals surface area contributed by atoms with Gasteiger partial charge < -0.3 is 15.3 Å². The number of likely N-dealkylation sites (N-methyl/N-ethyl adjacent to an activating group) is 2. The van der Waals surface area contributed by atoms with E-state index in [-0.39, 0.29) is 23.8 Å². The van der Waals surface area contributed by atoms with Crippen LogP contribution in [0.5, 0.6) is 5.75 Å². The molecule has 1 aromatic rings. The number of amides is 2. The number of benzene rings is 1. The topological polar surface area (TPSA) is 69.6 Å². The van der Waals surface area contributed by atoms with Gasteiger partial charge in [-0.05, 0) is 32.0 Å². The minimum absolute atomic E-state index is 0.0465. The Morgan fingerprint density at radius 2 is 2.05 bits per heavy atom. The predicted molar refractivity (Wildman–Crippen MR) is 73.4 cm³/mol. The van der Waals surface area contributed by atoms with Gasteiger partial charge in [0.2, 0.25) is 5.91 Å². The van der Waals surface area contributed by atoms with Crippen molar-refractivity contribution in [2.45, 2.75) is 13.8 Å². The van der Waals surface area contributed by atoms with Crippen LogP contribution >= 0.6 is 11.6 Å². The number of rotatable bonds is 5. The van der Waals surface area contributed by atoms with Crippen molar-refractivity contribution in [2.24, 2.45) is 0 Å². The van der Waals surface area contributed by atoms with Gasteiger partial charge in [0.1, 0.15) is 5.75 Å².